The molecule has 3 aromatic rings. The average molecular weight is 310 g/mol. The van der Waals surface area contributed by atoms with Crippen LogP contribution in [0.25, 0.3) is 11.0 Å². The number of rotatable bonds is 4. The largest absolute Gasteiger partial charge is 0.474 e. The number of ether oxygens (including phenoxy) is 2. The summed E-state index contributed by atoms with van der Waals surface area (Å²) in [5, 5.41) is 0.770. The van der Waals surface area contributed by atoms with Gasteiger partial charge in [-0.05, 0) is 18.2 Å². The van der Waals surface area contributed by atoms with Gasteiger partial charge in [-0.1, -0.05) is 30.3 Å². The van der Waals surface area contributed by atoms with Crippen molar-refractivity contribution >= 4 is 16.9 Å². The molecule has 1 atom stereocenters. The fraction of sp³-hybridized carbons (Fsp3) is 0.111. The van der Waals surface area contributed by atoms with E-state index in [1.165, 1.54) is 13.2 Å². The van der Waals surface area contributed by atoms with Gasteiger partial charge in [0.15, 0.2) is 0 Å². The summed E-state index contributed by atoms with van der Waals surface area (Å²) >= 11 is 0. The van der Waals surface area contributed by atoms with Gasteiger partial charge in [0.1, 0.15) is 11.3 Å². The monoisotopic (exact) mass is 310 g/mol. The summed E-state index contributed by atoms with van der Waals surface area (Å²) in [6.45, 7) is 0. The van der Waals surface area contributed by atoms with E-state index in [1.807, 2.05) is 18.2 Å². The summed E-state index contributed by atoms with van der Waals surface area (Å²) < 4.78 is 15.7. The smallest absolute Gasteiger partial charge is 0.351 e. The Bertz CT molecular complexity index is 883. The number of hydrogen-bond acceptors (Lipinski definition) is 5. The van der Waals surface area contributed by atoms with Crippen molar-refractivity contribution in [1.82, 2.24) is 0 Å². The summed E-state index contributed by atoms with van der Waals surface area (Å²) in [4.78, 5) is 23.3. The molecule has 2 aromatic carbocycles. The second-order valence-electron chi connectivity index (χ2n) is 4.89. The van der Waals surface area contributed by atoms with Crippen molar-refractivity contribution in [3.8, 4) is 5.75 Å². The maximum absolute atomic E-state index is 12.0. The van der Waals surface area contributed by atoms with Gasteiger partial charge in [0, 0.05) is 23.1 Å². The third-order valence-electron chi connectivity index (χ3n) is 3.37. The molecular formula is C18H14O5. The fourth-order valence-electron chi connectivity index (χ4n) is 2.24. The van der Waals surface area contributed by atoms with E-state index < -0.39 is 17.7 Å². The summed E-state index contributed by atoms with van der Waals surface area (Å²) in [5.41, 5.74) is 0.628. The van der Waals surface area contributed by atoms with Crippen molar-refractivity contribution in [2.45, 2.75) is 6.10 Å². The van der Waals surface area contributed by atoms with E-state index in [4.69, 9.17) is 13.9 Å². The molecule has 1 aromatic heterocycles. The Hall–Kier alpha value is -3.08. The predicted molar refractivity (Wildman–Crippen MR) is 84.3 cm³/mol. The molecule has 116 valence electrons. The summed E-state index contributed by atoms with van der Waals surface area (Å²) in [7, 11) is 1.31. The molecule has 23 heavy (non-hydrogen) atoms. The molecule has 0 saturated carbocycles. The van der Waals surface area contributed by atoms with Crippen LogP contribution in [0.5, 0.6) is 5.75 Å². The molecule has 0 bridgehead atoms. The molecule has 0 amide bonds. The van der Waals surface area contributed by atoms with Crippen LogP contribution >= 0.6 is 0 Å². The van der Waals surface area contributed by atoms with Gasteiger partial charge in [-0.3, -0.25) is 0 Å². The maximum atomic E-state index is 12.0. The number of fused-ring (bicyclic) bond motifs is 1. The Morgan fingerprint density at radius 2 is 1.78 bits per heavy atom. The molecule has 0 saturated heterocycles. The lowest BCUT2D eigenvalue weighted by atomic mass is 10.1. The van der Waals surface area contributed by atoms with Crippen LogP contribution in [0.15, 0.2) is 69.9 Å². The van der Waals surface area contributed by atoms with Crippen molar-refractivity contribution in [1.29, 1.82) is 0 Å². The van der Waals surface area contributed by atoms with Crippen LogP contribution in [-0.2, 0) is 9.53 Å². The standard InChI is InChI=1S/C18H14O5/c1-21-18(20)17(13-5-3-2-4-6-13)22-14-9-7-12-8-10-16(19)23-15(12)11-14/h2-11,17H,1H3/t17-/m0/s1. The Labute approximate surface area is 132 Å². The Morgan fingerprint density at radius 3 is 2.52 bits per heavy atom. The summed E-state index contributed by atoms with van der Waals surface area (Å²) in [6.07, 6.45) is -0.894. The van der Waals surface area contributed by atoms with E-state index in [-0.39, 0.29) is 0 Å². The van der Waals surface area contributed by atoms with Crippen LogP contribution in [0.2, 0.25) is 0 Å². The predicted octanol–water partition coefficient (Wildman–Crippen LogP) is 3.09. The minimum atomic E-state index is -0.894. The molecule has 0 fully saturated rings. The number of hydrogen-bond donors (Lipinski definition) is 0. The molecule has 0 spiro atoms. The van der Waals surface area contributed by atoms with E-state index in [0.717, 1.165) is 5.39 Å². The molecule has 0 radical (unpaired) electrons. The zero-order valence-corrected chi connectivity index (χ0v) is 12.4. The minimum absolute atomic E-state index is 0.395. The first-order chi connectivity index (χ1) is 11.2. The quantitative estimate of drug-likeness (QED) is 0.547. The van der Waals surface area contributed by atoms with Gasteiger partial charge < -0.3 is 13.9 Å². The van der Waals surface area contributed by atoms with E-state index in [2.05, 4.69) is 0 Å². The third-order valence-corrected chi connectivity index (χ3v) is 3.37. The van der Waals surface area contributed by atoms with Gasteiger partial charge >= 0.3 is 11.6 Å². The van der Waals surface area contributed by atoms with Crippen LogP contribution in [0.4, 0.5) is 0 Å². The highest BCUT2D eigenvalue weighted by atomic mass is 16.6. The molecule has 0 N–H and O–H groups in total. The number of benzene rings is 2. The minimum Gasteiger partial charge on any atom is -0.474 e. The first kappa shape index (κ1) is 14.8. The SMILES string of the molecule is COC(=O)[C@@H](Oc1ccc2ccc(=O)oc2c1)c1ccccc1. The van der Waals surface area contributed by atoms with Crippen molar-refractivity contribution in [2.24, 2.45) is 0 Å². The normalized spacial score (nSPS) is 11.9. The van der Waals surface area contributed by atoms with Gasteiger partial charge in [0.05, 0.1) is 7.11 Å². The van der Waals surface area contributed by atoms with Crippen molar-refractivity contribution in [3.05, 3.63) is 76.6 Å². The molecule has 0 unspecified atom stereocenters. The molecule has 0 aliphatic heterocycles. The fourth-order valence-corrected chi connectivity index (χ4v) is 2.24. The number of carbonyl (C=O) groups is 1. The Balaban J connectivity index is 1.96. The van der Waals surface area contributed by atoms with Crippen molar-refractivity contribution in [2.75, 3.05) is 7.11 Å². The van der Waals surface area contributed by atoms with Crippen molar-refractivity contribution < 1.29 is 18.7 Å². The second kappa shape index (κ2) is 6.36. The first-order valence-corrected chi connectivity index (χ1v) is 7.01. The van der Waals surface area contributed by atoms with Gasteiger partial charge in [0.25, 0.3) is 0 Å². The molecule has 0 aliphatic carbocycles. The molecule has 5 heteroatoms. The lowest BCUT2D eigenvalue weighted by molar-refractivity contribution is -0.149. The third kappa shape index (κ3) is 3.23. The lowest BCUT2D eigenvalue weighted by Crippen LogP contribution is -2.20. The highest BCUT2D eigenvalue weighted by Gasteiger charge is 2.23. The topological polar surface area (TPSA) is 65.7 Å². The molecule has 5 nitrogen and oxygen atoms in total. The highest BCUT2D eigenvalue weighted by Crippen LogP contribution is 2.26. The van der Waals surface area contributed by atoms with Gasteiger partial charge in [-0.25, -0.2) is 9.59 Å². The lowest BCUT2D eigenvalue weighted by Gasteiger charge is -2.17. The zero-order valence-electron chi connectivity index (χ0n) is 12.4. The zero-order chi connectivity index (χ0) is 16.2. The van der Waals surface area contributed by atoms with E-state index in [0.29, 0.717) is 16.9 Å². The van der Waals surface area contributed by atoms with Crippen LogP contribution in [0.1, 0.15) is 11.7 Å². The summed E-state index contributed by atoms with van der Waals surface area (Å²) in [6, 6.07) is 17.1. The summed E-state index contributed by atoms with van der Waals surface area (Å²) in [5.74, 6) is -0.100. The van der Waals surface area contributed by atoms with Crippen LogP contribution < -0.4 is 10.4 Å². The van der Waals surface area contributed by atoms with E-state index in [1.54, 1.807) is 36.4 Å². The van der Waals surface area contributed by atoms with Gasteiger partial charge in [-0.2, -0.15) is 0 Å². The molecular weight excluding hydrogens is 296 g/mol. The highest BCUT2D eigenvalue weighted by molar-refractivity contribution is 5.79. The van der Waals surface area contributed by atoms with Crippen LogP contribution in [0, 0.1) is 0 Å². The Kier molecular flexibility index (Phi) is 4.10. The van der Waals surface area contributed by atoms with Gasteiger partial charge in [-0.15, -0.1) is 0 Å². The van der Waals surface area contributed by atoms with E-state index in [9.17, 15) is 9.59 Å². The maximum Gasteiger partial charge on any atom is 0.351 e. The van der Waals surface area contributed by atoms with Crippen LogP contribution in [-0.4, -0.2) is 13.1 Å². The number of esters is 1. The Morgan fingerprint density at radius 1 is 1.04 bits per heavy atom. The van der Waals surface area contributed by atoms with Crippen molar-refractivity contribution in [3.63, 3.8) is 0 Å². The first-order valence-electron chi connectivity index (χ1n) is 7.01. The molecule has 3 rings (SSSR count). The van der Waals surface area contributed by atoms with Gasteiger partial charge in [0.2, 0.25) is 6.10 Å². The second-order valence-corrected chi connectivity index (χ2v) is 4.89. The van der Waals surface area contributed by atoms with E-state index >= 15 is 0 Å². The average Bonchev–Trinajstić information content (AvgIpc) is 2.59. The molecule has 1 heterocycles. The van der Waals surface area contributed by atoms with Crippen LogP contribution in [0.3, 0.4) is 0 Å². The number of methoxy groups -OCH3 is 1. The number of carbonyl (C=O) groups excluding carboxylic acids is 1. The molecule has 0 aliphatic rings.